The van der Waals surface area contributed by atoms with Crippen LogP contribution in [-0.2, 0) is 0 Å². The Kier molecular flexibility index (Phi) is 4.03. The molecule has 0 saturated carbocycles. The van der Waals surface area contributed by atoms with Gasteiger partial charge in [-0.15, -0.1) is 0 Å². The van der Waals surface area contributed by atoms with Gasteiger partial charge in [0, 0.05) is 11.6 Å². The van der Waals surface area contributed by atoms with Crippen molar-refractivity contribution in [1.82, 2.24) is 0 Å². The van der Waals surface area contributed by atoms with Gasteiger partial charge in [-0.25, -0.2) is 0 Å². The van der Waals surface area contributed by atoms with Crippen molar-refractivity contribution < 1.29 is 19.2 Å². The van der Waals surface area contributed by atoms with Crippen LogP contribution in [0.4, 0.5) is 5.69 Å². The lowest BCUT2D eigenvalue weighted by atomic mass is 10.1. The Morgan fingerprint density at radius 2 is 2.12 bits per heavy atom. The predicted octanol–water partition coefficient (Wildman–Crippen LogP) is 2.20. The molecule has 0 unspecified atom stereocenters. The largest absolute Gasteiger partial charge is 0.490 e. The van der Waals surface area contributed by atoms with Gasteiger partial charge in [-0.2, -0.15) is 0 Å². The molecule has 0 amide bonds. The van der Waals surface area contributed by atoms with Gasteiger partial charge >= 0.3 is 5.69 Å². The maximum absolute atomic E-state index is 11.3. The van der Waals surface area contributed by atoms with Crippen LogP contribution >= 0.6 is 0 Å². The molecule has 0 N–H and O–H groups in total. The number of carbonyl (C=O) groups excluding carboxylic acids is 1. The molecule has 1 aromatic carbocycles. The summed E-state index contributed by atoms with van der Waals surface area (Å²) < 4.78 is 10.2. The highest BCUT2D eigenvalue weighted by Gasteiger charge is 2.22. The molecule has 0 aliphatic rings. The molecule has 0 fully saturated rings. The molecule has 0 spiro atoms. The molecule has 0 aliphatic carbocycles. The number of benzene rings is 1. The molecule has 1 aromatic rings. The lowest BCUT2D eigenvalue weighted by Gasteiger charge is -2.10. The van der Waals surface area contributed by atoms with E-state index in [-0.39, 0.29) is 28.5 Å². The van der Waals surface area contributed by atoms with E-state index in [0.717, 1.165) is 0 Å². The molecular weight excluding hydrogens is 226 g/mol. The summed E-state index contributed by atoms with van der Waals surface area (Å²) >= 11 is 0. The van der Waals surface area contributed by atoms with E-state index in [1.54, 1.807) is 6.92 Å². The highest BCUT2D eigenvalue weighted by molar-refractivity contribution is 5.95. The Bertz CT molecular complexity index is 455. The van der Waals surface area contributed by atoms with Crippen LogP contribution in [0.5, 0.6) is 11.5 Å². The van der Waals surface area contributed by atoms with E-state index in [2.05, 4.69) is 0 Å². The Hall–Kier alpha value is -2.11. The Morgan fingerprint density at radius 3 is 2.53 bits per heavy atom. The van der Waals surface area contributed by atoms with E-state index in [0.29, 0.717) is 6.61 Å². The SMILES string of the molecule is CCOc1cc(C(C)=O)cc([N+](=O)[O-])c1OC. The third-order valence-corrected chi connectivity index (χ3v) is 2.14. The molecule has 0 saturated heterocycles. The number of ketones is 1. The van der Waals surface area contributed by atoms with Crippen LogP contribution in [0.25, 0.3) is 0 Å². The minimum atomic E-state index is -0.603. The number of nitro groups is 1. The fraction of sp³-hybridized carbons (Fsp3) is 0.364. The number of methoxy groups -OCH3 is 1. The number of carbonyl (C=O) groups is 1. The highest BCUT2D eigenvalue weighted by atomic mass is 16.6. The summed E-state index contributed by atoms with van der Waals surface area (Å²) in [4.78, 5) is 21.5. The number of rotatable bonds is 5. The number of Topliss-reactive ketones (excluding diaryl/α,β-unsaturated/α-hetero) is 1. The summed E-state index contributed by atoms with van der Waals surface area (Å²) in [6, 6.07) is 2.63. The van der Waals surface area contributed by atoms with Crippen molar-refractivity contribution in [2.24, 2.45) is 0 Å². The lowest BCUT2D eigenvalue weighted by molar-refractivity contribution is -0.385. The summed E-state index contributed by atoms with van der Waals surface area (Å²) in [5, 5.41) is 10.9. The third-order valence-electron chi connectivity index (χ3n) is 2.14. The second kappa shape index (κ2) is 5.29. The second-order valence-corrected chi connectivity index (χ2v) is 3.27. The van der Waals surface area contributed by atoms with Gasteiger partial charge in [0.15, 0.2) is 11.5 Å². The zero-order valence-electron chi connectivity index (χ0n) is 9.85. The molecule has 92 valence electrons. The van der Waals surface area contributed by atoms with Crippen LogP contribution in [0.2, 0.25) is 0 Å². The quantitative estimate of drug-likeness (QED) is 0.447. The average Bonchev–Trinajstić information content (AvgIpc) is 2.28. The first-order chi connectivity index (χ1) is 8.01. The van der Waals surface area contributed by atoms with Crippen LogP contribution in [0.1, 0.15) is 24.2 Å². The maximum atomic E-state index is 11.3. The standard InChI is InChI=1S/C11H13NO5/c1-4-17-10-6-8(7(2)13)5-9(12(14)15)11(10)16-3/h5-6H,4H2,1-3H3. The fourth-order valence-electron chi connectivity index (χ4n) is 1.39. The van der Waals surface area contributed by atoms with E-state index in [9.17, 15) is 14.9 Å². The zero-order valence-corrected chi connectivity index (χ0v) is 9.85. The van der Waals surface area contributed by atoms with Crippen LogP contribution in [-0.4, -0.2) is 24.4 Å². The van der Waals surface area contributed by atoms with Gasteiger partial charge < -0.3 is 9.47 Å². The van der Waals surface area contributed by atoms with Crippen molar-refractivity contribution in [3.05, 3.63) is 27.8 Å². The zero-order chi connectivity index (χ0) is 13.0. The molecule has 0 heterocycles. The van der Waals surface area contributed by atoms with Crippen LogP contribution in [0.15, 0.2) is 12.1 Å². The Morgan fingerprint density at radius 1 is 1.47 bits per heavy atom. The molecule has 0 bridgehead atoms. The van der Waals surface area contributed by atoms with Crippen molar-refractivity contribution in [2.45, 2.75) is 13.8 Å². The smallest absolute Gasteiger partial charge is 0.315 e. The number of nitro benzene ring substituents is 1. The normalized spacial score (nSPS) is 9.82. The molecule has 17 heavy (non-hydrogen) atoms. The van der Waals surface area contributed by atoms with Gasteiger partial charge in [0.05, 0.1) is 18.6 Å². The molecule has 0 aliphatic heterocycles. The minimum absolute atomic E-state index is 0.0295. The van der Waals surface area contributed by atoms with Crippen molar-refractivity contribution in [2.75, 3.05) is 13.7 Å². The van der Waals surface area contributed by atoms with Gasteiger partial charge in [-0.1, -0.05) is 0 Å². The summed E-state index contributed by atoms with van der Waals surface area (Å²) in [5.41, 5.74) is -0.0513. The van der Waals surface area contributed by atoms with Gasteiger partial charge in [0.2, 0.25) is 5.75 Å². The van der Waals surface area contributed by atoms with Crippen LogP contribution < -0.4 is 9.47 Å². The van der Waals surface area contributed by atoms with E-state index in [1.165, 1.54) is 26.2 Å². The number of nitrogens with zero attached hydrogens (tertiary/aromatic N) is 1. The van der Waals surface area contributed by atoms with Gasteiger partial charge in [0.1, 0.15) is 0 Å². The molecule has 0 atom stereocenters. The third kappa shape index (κ3) is 2.72. The van der Waals surface area contributed by atoms with Gasteiger partial charge in [-0.3, -0.25) is 14.9 Å². The monoisotopic (exact) mass is 239 g/mol. The molecule has 6 heteroatoms. The highest BCUT2D eigenvalue weighted by Crippen LogP contribution is 2.38. The number of ether oxygens (including phenoxy) is 2. The molecule has 6 nitrogen and oxygen atoms in total. The number of hydrogen-bond donors (Lipinski definition) is 0. The summed E-state index contributed by atoms with van der Waals surface area (Å²) in [6.45, 7) is 3.40. The summed E-state index contributed by atoms with van der Waals surface area (Å²) in [7, 11) is 1.32. The molecule has 0 radical (unpaired) electrons. The van der Waals surface area contributed by atoms with Gasteiger partial charge in [-0.05, 0) is 19.9 Å². The van der Waals surface area contributed by atoms with Crippen molar-refractivity contribution in [3.63, 3.8) is 0 Å². The predicted molar refractivity (Wildman–Crippen MR) is 60.8 cm³/mol. The molecular formula is C11H13NO5. The Balaban J connectivity index is 3.45. The first kappa shape index (κ1) is 13.0. The Labute approximate surface area is 98.3 Å². The summed E-state index contributed by atoms with van der Waals surface area (Å²) in [6.07, 6.45) is 0. The van der Waals surface area contributed by atoms with Crippen LogP contribution in [0, 0.1) is 10.1 Å². The lowest BCUT2D eigenvalue weighted by Crippen LogP contribution is -2.03. The van der Waals surface area contributed by atoms with E-state index < -0.39 is 4.92 Å². The van der Waals surface area contributed by atoms with Crippen molar-refractivity contribution in [1.29, 1.82) is 0 Å². The van der Waals surface area contributed by atoms with E-state index in [1.807, 2.05) is 0 Å². The average molecular weight is 239 g/mol. The fourth-order valence-corrected chi connectivity index (χ4v) is 1.39. The van der Waals surface area contributed by atoms with E-state index >= 15 is 0 Å². The maximum Gasteiger partial charge on any atom is 0.315 e. The van der Waals surface area contributed by atoms with Crippen molar-refractivity contribution in [3.8, 4) is 11.5 Å². The summed E-state index contributed by atoms with van der Waals surface area (Å²) in [5.74, 6) is -0.0343. The second-order valence-electron chi connectivity index (χ2n) is 3.27. The first-order valence-corrected chi connectivity index (χ1v) is 5.01. The number of hydrogen-bond acceptors (Lipinski definition) is 5. The van der Waals surface area contributed by atoms with Gasteiger partial charge in [0.25, 0.3) is 0 Å². The molecule has 1 rings (SSSR count). The van der Waals surface area contributed by atoms with Crippen LogP contribution in [0.3, 0.4) is 0 Å². The van der Waals surface area contributed by atoms with E-state index in [4.69, 9.17) is 9.47 Å². The van der Waals surface area contributed by atoms with Crippen molar-refractivity contribution >= 4 is 11.5 Å². The minimum Gasteiger partial charge on any atom is -0.490 e. The molecule has 0 aromatic heterocycles. The topological polar surface area (TPSA) is 78.7 Å². The first-order valence-electron chi connectivity index (χ1n) is 5.01.